The number of hydrogen-bond acceptors (Lipinski definition) is 3. The van der Waals surface area contributed by atoms with Crippen LogP contribution < -0.4 is 5.56 Å². The van der Waals surface area contributed by atoms with Crippen molar-refractivity contribution in [2.45, 2.75) is 60.0 Å². The number of aryl methyl sites for hydroxylation is 3. The van der Waals surface area contributed by atoms with E-state index in [0.29, 0.717) is 16.7 Å². The minimum absolute atomic E-state index is 0.118. The second-order valence-electron chi connectivity index (χ2n) is 8.09. The topological polar surface area (TPSA) is 92.8 Å². The van der Waals surface area contributed by atoms with Crippen molar-refractivity contribution in [3.05, 3.63) is 68.3 Å². The predicted octanol–water partition coefficient (Wildman–Crippen LogP) is 4.35. The van der Waals surface area contributed by atoms with Gasteiger partial charge in [-0.2, -0.15) is 5.26 Å². The lowest BCUT2D eigenvalue weighted by molar-refractivity contribution is 0.0691. The molecule has 1 amide bonds. The maximum Gasteiger partial charge on any atom is 0.255 e. The van der Waals surface area contributed by atoms with Crippen LogP contribution in [0.4, 0.5) is 0 Å². The van der Waals surface area contributed by atoms with Crippen molar-refractivity contribution in [1.29, 1.82) is 5.26 Å². The largest absolute Gasteiger partial charge is 0.361 e. The van der Waals surface area contributed by atoms with Gasteiger partial charge in [-0.1, -0.05) is 13.3 Å². The molecule has 0 aliphatic rings. The fourth-order valence-electron chi connectivity index (χ4n) is 3.94. The average molecular weight is 405 g/mol. The average Bonchev–Trinajstić information content (AvgIpc) is 3.07. The van der Waals surface area contributed by atoms with Gasteiger partial charge in [0.15, 0.2) is 0 Å². The van der Waals surface area contributed by atoms with Crippen LogP contribution in [0.25, 0.3) is 10.9 Å². The fraction of sp³-hybridized carbons (Fsp3) is 0.375. The molecule has 6 heteroatoms. The second kappa shape index (κ2) is 8.58. The number of rotatable bonds is 6. The minimum atomic E-state index is -0.183. The van der Waals surface area contributed by atoms with Crippen molar-refractivity contribution in [2.24, 2.45) is 0 Å². The van der Waals surface area contributed by atoms with Crippen molar-refractivity contribution in [1.82, 2.24) is 14.9 Å². The first kappa shape index (κ1) is 21.4. The smallest absolute Gasteiger partial charge is 0.255 e. The van der Waals surface area contributed by atoms with E-state index < -0.39 is 0 Å². The van der Waals surface area contributed by atoms with Crippen LogP contribution in [0, 0.1) is 25.2 Å². The molecular formula is C24H28N4O2. The van der Waals surface area contributed by atoms with Crippen LogP contribution >= 0.6 is 0 Å². The van der Waals surface area contributed by atoms with Gasteiger partial charge in [0, 0.05) is 34.4 Å². The summed E-state index contributed by atoms with van der Waals surface area (Å²) in [6.45, 7) is 9.98. The van der Waals surface area contributed by atoms with Gasteiger partial charge in [-0.3, -0.25) is 9.59 Å². The molecule has 156 valence electrons. The number of H-pyrrole nitrogens is 2. The summed E-state index contributed by atoms with van der Waals surface area (Å²) in [6.07, 6.45) is 3.54. The lowest BCUT2D eigenvalue weighted by Crippen LogP contribution is -2.38. The number of carbonyl (C=O) groups is 1. The number of amides is 1. The predicted molar refractivity (Wildman–Crippen MR) is 119 cm³/mol. The molecule has 0 atom stereocenters. The van der Waals surface area contributed by atoms with Gasteiger partial charge >= 0.3 is 0 Å². The molecule has 6 nitrogen and oxygen atoms in total. The third-order valence-electron chi connectivity index (χ3n) is 5.43. The summed E-state index contributed by atoms with van der Waals surface area (Å²) in [6, 6.07) is 7.41. The highest BCUT2D eigenvalue weighted by Crippen LogP contribution is 2.26. The Kier molecular flexibility index (Phi) is 6.12. The van der Waals surface area contributed by atoms with E-state index in [0.717, 1.165) is 40.6 Å². The van der Waals surface area contributed by atoms with Crippen LogP contribution in [0.3, 0.4) is 0 Å². The molecule has 0 unspecified atom stereocenters. The van der Waals surface area contributed by atoms with Gasteiger partial charge in [-0.05, 0) is 63.4 Å². The number of nitriles is 1. The van der Waals surface area contributed by atoms with Gasteiger partial charge in [0.2, 0.25) is 0 Å². The normalized spacial score (nSPS) is 11.1. The van der Waals surface area contributed by atoms with Crippen LogP contribution in [0.15, 0.2) is 29.2 Å². The monoisotopic (exact) mass is 404 g/mol. The molecule has 0 aliphatic carbocycles. The zero-order valence-electron chi connectivity index (χ0n) is 18.2. The van der Waals surface area contributed by atoms with E-state index in [1.165, 1.54) is 0 Å². The Morgan fingerprint density at radius 2 is 1.97 bits per heavy atom. The molecule has 3 rings (SSSR count). The summed E-state index contributed by atoms with van der Waals surface area (Å²) in [5.41, 5.74) is 4.90. The lowest BCUT2D eigenvalue weighted by Gasteiger charge is -2.28. The molecule has 0 saturated carbocycles. The number of aromatic amines is 2. The maximum atomic E-state index is 13.7. The van der Waals surface area contributed by atoms with Crippen molar-refractivity contribution in [3.8, 4) is 6.07 Å². The van der Waals surface area contributed by atoms with Crippen molar-refractivity contribution in [2.75, 3.05) is 0 Å². The number of aromatic nitrogens is 2. The van der Waals surface area contributed by atoms with E-state index in [1.807, 2.05) is 40.0 Å². The van der Waals surface area contributed by atoms with Crippen LogP contribution in [-0.2, 0) is 13.0 Å². The minimum Gasteiger partial charge on any atom is -0.361 e. The molecule has 30 heavy (non-hydrogen) atoms. The zero-order valence-corrected chi connectivity index (χ0v) is 18.2. The molecule has 1 aromatic carbocycles. The lowest BCUT2D eigenvalue weighted by atomic mass is 10.00. The summed E-state index contributed by atoms with van der Waals surface area (Å²) in [4.78, 5) is 34.1. The first-order valence-electron chi connectivity index (χ1n) is 10.3. The summed E-state index contributed by atoms with van der Waals surface area (Å²) in [5.74, 6) is -0.183. The Morgan fingerprint density at radius 1 is 1.23 bits per heavy atom. The van der Waals surface area contributed by atoms with E-state index in [9.17, 15) is 14.9 Å². The molecule has 0 aliphatic heterocycles. The van der Waals surface area contributed by atoms with Crippen LogP contribution in [0.2, 0.25) is 0 Å². The standard InChI is InChI=1S/C24H28N4O2/c1-6-7-18-8-16(5)27-23(29)20(18)13-28(14(2)3)24(30)19-9-17(11-25)10-21-22(19)15(4)12-26-21/h8-10,12,14,26H,6-7,13H2,1-5H3,(H,27,29). The number of nitrogens with zero attached hydrogens (tertiary/aromatic N) is 2. The zero-order chi connectivity index (χ0) is 22.0. The second-order valence-corrected chi connectivity index (χ2v) is 8.09. The molecule has 3 aromatic rings. The van der Waals surface area contributed by atoms with E-state index in [1.54, 1.807) is 17.0 Å². The van der Waals surface area contributed by atoms with E-state index in [2.05, 4.69) is 23.0 Å². The summed E-state index contributed by atoms with van der Waals surface area (Å²) >= 11 is 0. The Morgan fingerprint density at radius 3 is 2.60 bits per heavy atom. The van der Waals surface area contributed by atoms with Crippen molar-refractivity contribution >= 4 is 16.8 Å². The molecule has 0 spiro atoms. The highest BCUT2D eigenvalue weighted by molar-refractivity contribution is 6.08. The Bertz CT molecular complexity index is 1190. The third-order valence-corrected chi connectivity index (χ3v) is 5.43. The van der Waals surface area contributed by atoms with Gasteiger partial charge in [0.25, 0.3) is 11.5 Å². The molecule has 2 N–H and O–H groups in total. The third kappa shape index (κ3) is 4.02. The maximum absolute atomic E-state index is 13.7. The van der Waals surface area contributed by atoms with Crippen LogP contribution in [0.5, 0.6) is 0 Å². The highest BCUT2D eigenvalue weighted by atomic mass is 16.2. The first-order valence-corrected chi connectivity index (χ1v) is 10.3. The quantitative estimate of drug-likeness (QED) is 0.640. The number of pyridine rings is 1. The Hall–Kier alpha value is -3.33. The first-order chi connectivity index (χ1) is 14.3. The van der Waals surface area contributed by atoms with E-state index in [4.69, 9.17) is 0 Å². The molecule has 0 radical (unpaired) electrons. The van der Waals surface area contributed by atoms with Gasteiger partial charge in [0.1, 0.15) is 0 Å². The number of benzene rings is 1. The summed E-state index contributed by atoms with van der Waals surface area (Å²) < 4.78 is 0. The van der Waals surface area contributed by atoms with E-state index >= 15 is 0 Å². The van der Waals surface area contributed by atoms with Crippen molar-refractivity contribution < 1.29 is 4.79 Å². The highest BCUT2D eigenvalue weighted by Gasteiger charge is 2.25. The van der Waals surface area contributed by atoms with Gasteiger partial charge in [0.05, 0.1) is 23.7 Å². The van der Waals surface area contributed by atoms with Crippen molar-refractivity contribution in [3.63, 3.8) is 0 Å². The molecule has 0 bridgehead atoms. The molecule has 2 aromatic heterocycles. The molecule has 0 fully saturated rings. The molecule has 0 saturated heterocycles. The number of fused-ring (bicyclic) bond motifs is 1. The number of hydrogen-bond donors (Lipinski definition) is 2. The summed E-state index contributed by atoms with van der Waals surface area (Å²) in [7, 11) is 0. The SMILES string of the molecule is CCCc1cc(C)[nH]c(=O)c1CN(C(=O)c1cc(C#N)cc2[nH]cc(C)c12)C(C)C. The number of nitrogens with one attached hydrogen (secondary N) is 2. The van der Waals surface area contributed by atoms with Crippen LogP contribution in [-0.4, -0.2) is 26.8 Å². The van der Waals surface area contributed by atoms with Gasteiger partial charge < -0.3 is 14.9 Å². The van der Waals surface area contributed by atoms with Gasteiger partial charge in [-0.15, -0.1) is 0 Å². The summed E-state index contributed by atoms with van der Waals surface area (Å²) in [5, 5.41) is 10.2. The molecular weight excluding hydrogens is 376 g/mol. The van der Waals surface area contributed by atoms with Crippen LogP contribution in [0.1, 0.15) is 65.5 Å². The Labute approximate surface area is 176 Å². The Balaban J connectivity index is 2.11. The fourth-order valence-corrected chi connectivity index (χ4v) is 3.94. The van der Waals surface area contributed by atoms with E-state index in [-0.39, 0.29) is 24.1 Å². The number of carbonyl (C=O) groups excluding carboxylic acids is 1. The van der Waals surface area contributed by atoms with Gasteiger partial charge in [-0.25, -0.2) is 0 Å². The molecule has 2 heterocycles.